The van der Waals surface area contributed by atoms with E-state index in [9.17, 15) is 9.59 Å². The zero-order chi connectivity index (χ0) is 18.8. The first-order chi connectivity index (χ1) is 13.1. The fourth-order valence-electron chi connectivity index (χ4n) is 2.85. The average Bonchev–Trinajstić information content (AvgIpc) is 2.98. The summed E-state index contributed by atoms with van der Waals surface area (Å²) in [6.45, 7) is 0. The van der Waals surface area contributed by atoms with Gasteiger partial charge in [-0.3, -0.25) is 9.69 Å². The van der Waals surface area contributed by atoms with Crippen molar-refractivity contribution in [2.75, 3.05) is 4.90 Å². The molecule has 1 aliphatic heterocycles. The summed E-state index contributed by atoms with van der Waals surface area (Å²) in [7, 11) is 0. The molecule has 0 bridgehead atoms. The number of nitrogens with zero attached hydrogens (tertiary/aromatic N) is 2. The van der Waals surface area contributed by atoms with Gasteiger partial charge in [-0.05, 0) is 42.5 Å². The fourth-order valence-corrected chi connectivity index (χ4v) is 2.97. The monoisotopic (exact) mass is 376 g/mol. The smallest absolute Gasteiger partial charge is 0.312 e. The summed E-state index contributed by atoms with van der Waals surface area (Å²) in [6, 6.07) is 22.7. The van der Waals surface area contributed by atoms with Crippen molar-refractivity contribution >= 4 is 40.6 Å². The van der Waals surface area contributed by atoms with E-state index in [0.29, 0.717) is 27.5 Å². The fraction of sp³-hybridized carbons (Fsp3) is 0. The number of fused-ring (bicyclic) bond motifs is 1. The molecule has 0 N–H and O–H groups in total. The van der Waals surface area contributed by atoms with Crippen molar-refractivity contribution in [3.05, 3.63) is 95.0 Å². The van der Waals surface area contributed by atoms with Crippen LogP contribution in [-0.4, -0.2) is 17.6 Å². The molecule has 5 nitrogen and oxygen atoms in total. The van der Waals surface area contributed by atoms with Crippen LogP contribution < -0.4 is 4.90 Å². The van der Waals surface area contributed by atoms with Gasteiger partial charge in [0.05, 0.1) is 11.3 Å². The van der Waals surface area contributed by atoms with Gasteiger partial charge in [-0.2, -0.15) is 0 Å². The van der Waals surface area contributed by atoms with Crippen LogP contribution in [-0.2, 0) is 9.63 Å². The minimum atomic E-state index is -0.664. The molecule has 1 heterocycles. The highest BCUT2D eigenvalue weighted by Crippen LogP contribution is 2.35. The van der Waals surface area contributed by atoms with Gasteiger partial charge in [0.15, 0.2) is 5.71 Å². The lowest BCUT2D eigenvalue weighted by atomic mass is 10.1. The maximum atomic E-state index is 12.9. The van der Waals surface area contributed by atoms with Crippen LogP contribution in [0.4, 0.5) is 11.4 Å². The van der Waals surface area contributed by atoms with Gasteiger partial charge in [0.25, 0.3) is 5.91 Å². The molecule has 0 fully saturated rings. The molecule has 1 aliphatic rings. The van der Waals surface area contributed by atoms with E-state index in [-0.39, 0.29) is 11.6 Å². The van der Waals surface area contributed by atoms with Crippen molar-refractivity contribution < 1.29 is 14.4 Å². The molecule has 0 atom stereocenters. The standard InChI is InChI=1S/C21H13ClN2O3/c22-15-12-10-14(11-13-15)21(26)27-23-19-17-8-4-5-9-18(17)24(20(19)25)16-6-2-1-3-7-16/h1-13H/b23-19-. The van der Waals surface area contributed by atoms with E-state index in [1.807, 2.05) is 42.5 Å². The Morgan fingerprint density at radius 2 is 1.56 bits per heavy atom. The third kappa shape index (κ3) is 3.20. The Balaban J connectivity index is 1.67. The Morgan fingerprint density at radius 1 is 0.889 bits per heavy atom. The highest BCUT2D eigenvalue weighted by molar-refractivity contribution is 6.55. The quantitative estimate of drug-likeness (QED) is 0.496. The summed E-state index contributed by atoms with van der Waals surface area (Å²) in [5, 5.41) is 4.37. The molecule has 0 saturated carbocycles. The zero-order valence-corrected chi connectivity index (χ0v) is 14.8. The van der Waals surface area contributed by atoms with Gasteiger partial charge in [0, 0.05) is 16.3 Å². The molecule has 3 aromatic rings. The van der Waals surface area contributed by atoms with E-state index in [1.165, 1.54) is 12.1 Å². The Hall–Kier alpha value is -3.44. The minimum Gasteiger partial charge on any atom is -0.312 e. The number of hydrogen-bond donors (Lipinski definition) is 0. The summed E-state index contributed by atoms with van der Waals surface area (Å²) >= 11 is 5.82. The Bertz CT molecular complexity index is 1050. The normalized spacial score (nSPS) is 14.3. The minimum absolute atomic E-state index is 0.0803. The van der Waals surface area contributed by atoms with Crippen LogP contribution in [0.3, 0.4) is 0 Å². The molecule has 3 aromatic carbocycles. The van der Waals surface area contributed by atoms with E-state index in [0.717, 1.165) is 0 Å². The first-order valence-electron chi connectivity index (χ1n) is 8.19. The molecule has 0 aliphatic carbocycles. The second-order valence-electron chi connectivity index (χ2n) is 5.82. The first kappa shape index (κ1) is 17.0. The van der Waals surface area contributed by atoms with Crippen molar-refractivity contribution in [2.45, 2.75) is 0 Å². The molecule has 4 rings (SSSR count). The van der Waals surface area contributed by atoms with Crippen LogP contribution in [0.2, 0.25) is 5.02 Å². The summed E-state index contributed by atoms with van der Waals surface area (Å²) in [5.41, 5.74) is 2.38. The lowest BCUT2D eigenvalue weighted by Crippen LogP contribution is -2.25. The lowest BCUT2D eigenvalue weighted by Gasteiger charge is -2.16. The van der Waals surface area contributed by atoms with E-state index in [1.54, 1.807) is 29.2 Å². The van der Waals surface area contributed by atoms with Gasteiger partial charge in [-0.1, -0.05) is 53.2 Å². The molecule has 0 aromatic heterocycles. The topological polar surface area (TPSA) is 59.0 Å². The number of oxime groups is 1. The number of halogens is 1. The molecule has 6 heteroatoms. The highest BCUT2D eigenvalue weighted by Gasteiger charge is 2.35. The third-order valence-corrected chi connectivity index (χ3v) is 4.37. The van der Waals surface area contributed by atoms with Crippen molar-refractivity contribution in [1.29, 1.82) is 0 Å². The van der Waals surface area contributed by atoms with Gasteiger partial charge < -0.3 is 4.84 Å². The van der Waals surface area contributed by atoms with Crippen molar-refractivity contribution in [3.8, 4) is 0 Å². The number of anilines is 2. The highest BCUT2D eigenvalue weighted by atomic mass is 35.5. The molecule has 1 amide bonds. The van der Waals surface area contributed by atoms with E-state index >= 15 is 0 Å². The second kappa shape index (κ2) is 7.05. The second-order valence-corrected chi connectivity index (χ2v) is 6.26. The predicted octanol–water partition coefficient (Wildman–Crippen LogP) is 4.58. The Morgan fingerprint density at radius 3 is 2.30 bits per heavy atom. The van der Waals surface area contributed by atoms with Gasteiger partial charge in [-0.15, -0.1) is 0 Å². The number of carbonyl (C=O) groups excluding carboxylic acids is 2. The largest absolute Gasteiger partial charge is 0.365 e. The lowest BCUT2D eigenvalue weighted by molar-refractivity contribution is -0.111. The molecular formula is C21H13ClN2O3. The van der Waals surface area contributed by atoms with E-state index < -0.39 is 5.97 Å². The molecular weight excluding hydrogens is 364 g/mol. The van der Waals surface area contributed by atoms with Crippen LogP contribution in [0.25, 0.3) is 0 Å². The summed E-state index contributed by atoms with van der Waals surface area (Å²) < 4.78 is 0. The Kier molecular flexibility index (Phi) is 4.44. The number of rotatable bonds is 3. The predicted molar refractivity (Wildman–Crippen MR) is 103 cm³/mol. The number of benzene rings is 3. The summed E-state index contributed by atoms with van der Waals surface area (Å²) in [4.78, 5) is 31.7. The number of amides is 1. The van der Waals surface area contributed by atoms with Crippen LogP contribution >= 0.6 is 11.6 Å². The molecule has 132 valence electrons. The van der Waals surface area contributed by atoms with E-state index in [2.05, 4.69) is 5.16 Å². The van der Waals surface area contributed by atoms with Crippen molar-refractivity contribution in [1.82, 2.24) is 0 Å². The maximum absolute atomic E-state index is 12.9. The molecule has 0 unspecified atom stereocenters. The van der Waals surface area contributed by atoms with Gasteiger partial charge in [0.1, 0.15) is 0 Å². The van der Waals surface area contributed by atoms with Crippen LogP contribution in [0, 0.1) is 0 Å². The average molecular weight is 377 g/mol. The van der Waals surface area contributed by atoms with Crippen LogP contribution in [0.5, 0.6) is 0 Å². The first-order valence-corrected chi connectivity index (χ1v) is 8.57. The van der Waals surface area contributed by atoms with Crippen LogP contribution in [0.1, 0.15) is 15.9 Å². The number of hydrogen-bond acceptors (Lipinski definition) is 4. The zero-order valence-electron chi connectivity index (χ0n) is 14.0. The van der Waals surface area contributed by atoms with Gasteiger partial charge >= 0.3 is 5.97 Å². The Labute approximate surface area is 160 Å². The van der Waals surface area contributed by atoms with Gasteiger partial charge in [0.2, 0.25) is 0 Å². The summed E-state index contributed by atoms with van der Waals surface area (Å²) in [6.07, 6.45) is 0. The number of carbonyl (C=O) groups is 2. The SMILES string of the molecule is O=C(O/N=C1\C(=O)N(c2ccccc2)c2ccccc21)c1ccc(Cl)cc1. The number of para-hydroxylation sites is 2. The van der Waals surface area contributed by atoms with Crippen molar-refractivity contribution in [3.63, 3.8) is 0 Å². The van der Waals surface area contributed by atoms with Crippen LogP contribution in [0.15, 0.2) is 84.0 Å². The third-order valence-electron chi connectivity index (χ3n) is 4.12. The molecule has 0 spiro atoms. The molecule has 0 radical (unpaired) electrons. The maximum Gasteiger partial charge on any atom is 0.365 e. The summed E-state index contributed by atoms with van der Waals surface area (Å²) in [5.74, 6) is -1.02. The van der Waals surface area contributed by atoms with Gasteiger partial charge in [-0.25, -0.2) is 4.79 Å². The van der Waals surface area contributed by atoms with E-state index in [4.69, 9.17) is 16.4 Å². The van der Waals surface area contributed by atoms with Crippen molar-refractivity contribution in [2.24, 2.45) is 5.16 Å². The molecule has 27 heavy (non-hydrogen) atoms. The molecule has 0 saturated heterocycles.